The van der Waals surface area contributed by atoms with Crippen molar-refractivity contribution in [3.05, 3.63) is 76.8 Å². The topological polar surface area (TPSA) is 55.4 Å². The van der Waals surface area contributed by atoms with Crippen LogP contribution in [0.15, 0.2) is 71.6 Å². The zero-order chi connectivity index (χ0) is 18.7. The molecule has 0 spiro atoms. The lowest BCUT2D eigenvalue weighted by molar-refractivity contribution is 0.414. The van der Waals surface area contributed by atoms with Gasteiger partial charge in [0.1, 0.15) is 10.6 Å². The van der Waals surface area contributed by atoms with Gasteiger partial charge in [0.25, 0.3) is 10.0 Å². The Morgan fingerprint density at radius 3 is 2.08 bits per heavy atom. The molecule has 3 aromatic carbocycles. The third-order valence-corrected chi connectivity index (χ3v) is 5.88. The summed E-state index contributed by atoms with van der Waals surface area (Å²) in [7, 11) is -2.46. The molecule has 0 aliphatic carbocycles. The Morgan fingerprint density at radius 1 is 0.846 bits per heavy atom. The average molecular weight is 408 g/mol. The maximum atomic E-state index is 12.6. The number of ether oxygens (including phenoxy) is 1. The SMILES string of the molecule is COc1cc(Cl)c(S(=O)(=O)Nc2ccc(-c3ccccc3)cc2)cc1Cl. The van der Waals surface area contributed by atoms with E-state index in [4.69, 9.17) is 27.9 Å². The molecule has 134 valence electrons. The minimum absolute atomic E-state index is 0.0275. The van der Waals surface area contributed by atoms with Crippen molar-refractivity contribution in [2.24, 2.45) is 0 Å². The van der Waals surface area contributed by atoms with E-state index in [1.807, 2.05) is 42.5 Å². The molecule has 0 fully saturated rings. The van der Waals surface area contributed by atoms with E-state index in [2.05, 4.69) is 4.72 Å². The Balaban J connectivity index is 1.87. The minimum atomic E-state index is -3.89. The van der Waals surface area contributed by atoms with E-state index < -0.39 is 10.0 Å². The minimum Gasteiger partial charge on any atom is -0.495 e. The Morgan fingerprint density at radius 2 is 1.46 bits per heavy atom. The van der Waals surface area contributed by atoms with E-state index >= 15 is 0 Å². The molecule has 7 heteroatoms. The summed E-state index contributed by atoms with van der Waals surface area (Å²) in [5.74, 6) is 0.308. The van der Waals surface area contributed by atoms with Crippen LogP contribution in [0.2, 0.25) is 10.0 Å². The number of benzene rings is 3. The number of halogens is 2. The summed E-state index contributed by atoms with van der Waals surface area (Å²) >= 11 is 12.1. The molecule has 0 amide bonds. The lowest BCUT2D eigenvalue weighted by Crippen LogP contribution is -2.13. The second kappa shape index (κ2) is 7.58. The van der Waals surface area contributed by atoms with Crippen LogP contribution >= 0.6 is 23.2 Å². The van der Waals surface area contributed by atoms with Gasteiger partial charge in [-0.1, -0.05) is 65.7 Å². The monoisotopic (exact) mass is 407 g/mol. The van der Waals surface area contributed by atoms with Crippen LogP contribution in [0.3, 0.4) is 0 Å². The number of hydrogen-bond acceptors (Lipinski definition) is 3. The maximum absolute atomic E-state index is 12.6. The van der Waals surface area contributed by atoms with E-state index in [1.165, 1.54) is 19.2 Å². The van der Waals surface area contributed by atoms with E-state index in [9.17, 15) is 8.42 Å². The molecule has 0 atom stereocenters. The Hall–Kier alpha value is -2.21. The van der Waals surface area contributed by atoms with Crippen LogP contribution < -0.4 is 9.46 Å². The normalized spacial score (nSPS) is 11.2. The summed E-state index contributed by atoms with van der Waals surface area (Å²) in [6.45, 7) is 0. The lowest BCUT2D eigenvalue weighted by Gasteiger charge is -2.12. The molecular weight excluding hydrogens is 393 g/mol. The molecule has 0 heterocycles. The van der Waals surface area contributed by atoms with Crippen molar-refractivity contribution in [1.82, 2.24) is 0 Å². The fraction of sp³-hybridized carbons (Fsp3) is 0.0526. The highest BCUT2D eigenvalue weighted by atomic mass is 35.5. The number of methoxy groups -OCH3 is 1. The largest absolute Gasteiger partial charge is 0.495 e. The zero-order valence-corrected chi connectivity index (χ0v) is 16.1. The van der Waals surface area contributed by atoms with E-state index in [0.29, 0.717) is 11.4 Å². The summed E-state index contributed by atoms with van der Waals surface area (Å²) in [4.78, 5) is -0.114. The molecule has 1 N–H and O–H groups in total. The fourth-order valence-corrected chi connectivity index (χ4v) is 4.35. The highest BCUT2D eigenvalue weighted by Crippen LogP contribution is 2.34. The van der Waals surface area contributed by atoms with Crippen LogP contribution in [-0.4, -0.2) is 15.5 Å². The summed E-state index contributed by atoms with van der Waals surface area (Å²) < 4.78 is 32.8. The van der Waals surface area contributed by atoms with Crippen molar-refractivity contribution < 1.29 is 13.2 Å². The van der Waals surface area contributed by atoms with Crippen molar-refractivity contribution in [3.63, 3.8) is 0 Å². The molecular formula is C19H15Cl2NO3S. The van der Waals surface area contributed by atoms with Crippen LogP contribution in [0.25, 0.3) is 11.1 Å². The Kier molecular flexibility index (Phi) is 5.41. The number of sulfonamides is 1. The van der Waals surface area contributed by atoms with Crippen LogP contribution in [0.5, 0.6) is 5.75 Å². The highest BCUT2D eigenvalue weighted by Gasteiger charge is 2.20. The standard InChI is InChI=1S/C19H15Cl2NO3S/c1-25-18-11-17(21)19(12-16(18)20)26(23,24)22-15-9-7-14(8-10-15)13-5-3-2-4-6-13/h2-12,22H,1H3. The lowest BCUT2D eigenvalue weighted by atomic mass is 10.1. The zero-order valence-electron chi connectivity index (χ0n) is 13.7. The van der Waals surface area contributed by atoms with Gasteiger partial charge in [0, 0.05) is 11.8 Å². The first-order valence-corrected chi connectivity index (χ1v) is 9.86. The molecule has 0 saturated carbocycles. The third kappa shape index (κ3) is 3.96. The fourth-order valence-electron chi connectivity index (χ4n) is 2.44. The summed E-state index contributed by atoms with van der Waals surface area (Å²) in [6, 6.07) is 19.5. The van der Waals surface area contributed by atoms with Crippen molar-refractivity contribution in [1.29, 1.82) is 0 Å². The van der Waals surface area contributed by atoms with E-state index in [-0.39, 0.29) is 14.9 Å². The van der Waals surface area contributed by atoms with Gasteiger partial charge in [-0.3, -0.25) is 4.72 Å². The van der Waals surface area contributed by atoms with Crippen LogP contribution in [0, 0.1) is 0 Å². The van der Waals surface area contributed by atoms with Gasteiger partial charge in [-0.15, -0.1) is 0 Å². The number of hydrogen-bond donors (Lipinski definition) is 1. The van der Waals surface area contributed by atoms with Gasteiger partial charge in [0.05, 0.1) is 17.2 Å². The Labute approximate surface area is 162 Å². The first kappa shape index (κ1) is 18.6. The molecule has 3 aromatic rings. The van der Waals surface area contributed by atoms with Gasteiger partial charge in [0.15, 0.2) is 0 Å². The number of rotatable bonds is 5. The van der Waals surface area contributed by atoms with Gasteiger partial charge < -0.3 is 4.74 Å². The van der Waals surface area contributed by atoms with E-state index in [0.717, 1.165) is 11.1 Å². The van der Waals surface area contributed by atoms with Gasteiger partial charge in [0.2, 0.25) is 0 Å². The van der Waals surface area contributed by atoms with Crippen molar-refractivity contribution in [2.75, 3.05) is 11.8 Å². The molecule has 0 aromatic heterocycles. The van der Waals surface area contributed by atoms with Crippen molar-refractivity contribution >= 4 is 38.9 Å². The van der Waals surface area contributed by atoms with Gasteiger partial charge in [-0.25, -0.2) is 8.42 Å². The van der Waals surface area contributed by atoms with Gasteiger partial charge >= 0.3 is 0 Å². The smallest absolute Gasteiger partial charge is 0.263 e. The third-order valence-electron chi connectivity index (χ3n) is 3.74. The highest BCUT2D eigenvalue weighted by molar-refractivity contribution is 7.92. The first-order chi connectivity index (χ1) is 12.4. The summed E-state index contributed by atoms with van der Waals surface area (Å²) in [6.07, 6.45) is 0. The number of nitrogens with one attached hydrogen (secondary N) is 1. The quantitative estimate of drug-likeness (QED) is 0.609. The molecule has 0 aliphatic rings. The van der Waals surface area contributed by atoms with Crippen LogP contribution in [-0.2, 0) is 10.0 Å². The maximum Gasteiger partial charge on any atom is 0.263 e. The molecule has 0 aliphatic heterocycles. The Bertz CT molecular complexity index is 1020. The molecule has 0 saturated heterocycles. The molecule has 0 bridgehead atoms. The second-order valence-corrected chi connectivity index (χ2v) is 7.93. The molecule has 0 radical (unpaired) electrons. The van der Waals surface area contributed by atoms with E-state index in [1.54, 1.807) is 12.1 Å². The average Bonchev–Trinajstić information content (AvgIpc) is 2.64. The first-order valence-electron chi connectivity index (χ1n) is 7.62. The molecule has 3 rings (SSSR count). The van der Waals surface area contributed by atoms with Crippen molar-refractivity contribution in [2.45, 2.75) is 4.90 Å². The van der Waals surface area contributed by atoms with Gasteiger partial charge in [-0.05, 0) is 29.3 Å². The van der Waals surface area contributed by atoms with Crippen LogP contribution in [0.1, 0.15) is 0 Å². The predicted octanol–water partition coefficient (Wildman–Crippen LogP) is 5.47. The summed E-state index contributed by atoms with van der Waals surface area (Å²) in [5, 5.41) is 0.191. The van der Waals surface area contributed by atoms with Crippen LogP contribution in [0.4, 0.5) is 5.69 Å². The van der Waals surface area contributed by atoms with Gasteiger partial charge in [-0.2, -0.15) is 0 Å². The van der Waals surface area contributed by atoms with Crippen molar-refractivity contribution in [3.8, 4) is 16.9 Å². The summed E-state index contributed by atoms with van der Waals surface area (Å²) in [5.41, 5.74) is 2.46. The predicted molar refractivity (Wildman–Crippen MR) is 106 cm³/mol. The second-order valence-electron chi connectivity index (χ2n) is 5.47. The molecule has 4 nitrogen and oxygen atoms in total. The number of anilines is 1. The molecule has 0 unspecified atom stereocenters. The molecule has 26 heavy (non-hydrogen) atoms.